The third-order valence-corrected chi connectivity index (χ3v) is 3.84. The lowest BCUT2D eigenvalue weighted by atomic mass is 10.2. The lowest BCUT2D eigenvalue weighted by Gasteiger charge is -2.13. The standard InChI is InChI=1S/C21H17N3O2/c1-2-25-18-11-5-6-12-19(18)26-21-16-9-3-4-10-17(16)23-20(24-21)15-8-7-13-22-14-15/h3-14H,2H2,1H3. The van der Waals surface area contributed by atoms with Gasteiger partial charge in [-0.05, 0) is 43.3 Å². The molecule has 128 valence electrons. The first-order chi connectivity index (χ1) is 12.8. The van der Waals surface area contributed by atoms with E-state index in [4.69, 9.17) is 9.47 Å². The Kier molecular flexibility index (Phi) is 4.43. The Morgan fingerprint density at radius 2 is 1.65 bits per heavy atom. The Labute approximate surface area is 151 Å². The van der Waals surface area contributed by atoms with Gasteiger partial charge in [-0.25, -0.2) is 4.98 Å². The van der Waals surface area contributed by atoms with Gasteiger partial charge in [0, 0.05) is 18.0 Å². The highest BCUT2D eigenvalue weighted by Crippen LogP contribution is 2.34. The number of hydrogen-bond donors (Lipinski definition) is 0. The van der Waals surface area contributed by atoms with Crippen LogP contribution in [0.15, 0.2) is 73.1 Å². The molecule has 0 fully saturated rings. The molecular formula is C21H17N3O2. The first-order valence-electron chi connectivity index (χ1n) is 8.42. The highest BCUT2D eigenvalue weighted by atomic mass is 16.5. The second kappa shape index (κ2) is 7.19. The van der Waals surface area contributed by atoms with Gasteiger partial charge in [-0.1, -0.05) is 24.3 Å². The summed E-state index contributed by atoms with van der Waals surface area (Å²) in [6.07, 6.45) is 3.46. The van der Waals surface area contributed by atoms with E-state index in [-0.39, 0.29) is 0 Å². The van der Waals surface area contributed by atoms with Crippen LogP contribution in [0.5, 0.6) is 17.4 Å². The van der Waals surface area contributed by atoms with E-state index in [1.807, 2.05) is 67.6 Å². The van der Waals surface area contributed by atoms with Crippen molar-refractivity contribution >= 4 is 10.9 Å². The molecule has 2 aromatic heterocycles. The Balaban J connectivity index is 1.84. The van der Waals surface area contributed by atoms with E-state index < -0.39 is 0 Å². The maximum atomic E-state index is 6.14. The van der Waals surface area contributed by atoms with E-state index >= 15 is 0 Å². The van der Waals surface area contributed by atoms with E-state index in [0.29, 0.717) is 29.8 Å². The highest BCUT2D eigenvalue weighted by molar-refractivity contribution is 5.85. The van der Waals surface area contributed by atoms with Crippen LogP contribution in [0.4, 0.5) is 0 Å². The summed E-state index contributed by atoms with van der Waals surface area (Å²) >= 11 is 0. The van der Waals surface area contributed by atoms with Crippen LogP contribution in [0, 0.1) is 0 Å². The zero-order chi connectivity index (χ0) is 17.8. The summed E-state index contributed by atoms with van der Waals surface area (Å²) in [5.74, 6) is 2.36. The Morgan fingerprint density at radius 3 is 2.46 bits per heavy atom. The van der Waals surface area contributed by atoms with Gasteiger partial charge in [0.05, 0.1) is 17.5 Å². The topological polar surface area (TPSA) is 57.1 Å². The van der Waals surface area contributed by atoms with Gasteiger partial charge in [-0.15, -0.1) is 0 Å². The fourth-order valence-electron chi connectivity index (χ4n) is 2.66. The zero-order valence-electron chi connectivity index (χ0n) is 14.3. The fourth-order valence-corrected chi connectivity index (χ4v) is 2.66. The molecule has 0 unspecified atom stereocenters. The summed E-state index contributed by atoms with van der Waals surface area (Å²) in [7, 11) is 0. The molecule has 5 nitrogen and oxygen atoms in total. The maximum absolute atomic E-state index is 6.14. The molecule has 0 atom stereocenters. The third-order valence-electron chi connectivity index (χ3n) is 3.84. The first kappa shape index (κ1) is 16.0. The third kappa shape index (κ3) is 3.19. The van der Waals surface area contributed by atoms with E-state index in [2.05, 4.69) is 15.0 Å². The Hall–Kier alpha value is -3.47. The van der Waals surface area contributed by atoms with Gasteiger partial charge in [-0.3, -0.25) is 4.98 Å². The van der Waals surface area contributed by atoms with Crippen LogP contribution in [0.1, 0.15) is 6.92 Å². The minimum absolute atomic E-state index is 0.488. The molecule has 0 saturated carbocycles. The first-order valence-corrected chi connectivity index (χ1v) is 8.42. The van der Waals surface area contributed by atoms with Gasteiger partial charge in [0.1, 0.15) is 0 Å². The molecule has 5 heteroatoms. The fraction of sp³-hybridized carbons (Fsp3) is 0.0952. The van der Waals surface area contributed by atoms with E-state index in [1.165, 1.54) is 0 Å². The molecule has 0 amide bonds. The summed E-state index contributed by atoms with van der Waals surface area (Å²) in [5.41, 5.74) is 1.64. The molecule has 0 aliphatic rings. The van der Waals surface area contributed by atoms with Crippen molar-refractivity contribution in [2.45, 2.75) is 6.92 Å². The number of para-hydroxylation sites is 3. The number of nitrogens with zero attached hydrogens (tertiary/aromatic N) is 3. The SMILES string of the molecule is CCOc1ccccc1Oc1nc(-c2cccnc2)nc2ccccc12. The average molecular weight is 343 g/mol. The molecule has 2 heterocycles. The van der Waals surface area contributed by atoms with Crippen LogP contribution >= 0.6 is 0 Å². The Morgan fingerprint density at radius 1 is 0.846 bits per heavy atom. The summed E-state index contributed by atoms with van der Waals surface area (Å²) < 4.78 is 11.8. The molecule has 0 radical (unpaired) electrons. The number of hydrogen-bond acceptors (Lipinski definition) is 5. The van der Waals surface area contributed by atoms with E-state index in [0.717, 1.165) is 16.5 Å². The molecule has 2 aromatic carbocycles. The summed E-state index contributed by atoms with van der Waals surface area (Å²) in [4.78, 5) is 13.4. The highest BCUT2D eigenvalue weighted by Gasteiger charge is 2.13. The molecule has 0 aliphatic carbocycles. The maximum Gasteiger partial charge on any atom is 0.230 e. The molecule has 26 heavy (non-hydrogen) atoms. The van der Waals surface area contributed by atoms with Crippen LogP contribution in [0.3, 0.4) is 0 Å². The molecule has 0 saturated heterocycles. The quantitative estimate of drug-likeness (QED) is 0.517. The van der Waals surface area contributed by atoms with Crippen LogP contribution in [-0.4, -0.2) is 21.6 Å². The van der Waals surface area contributed by atoms with Crippen molar-refractivity contribution in [3.8, 4) is 28.8 Å². The number of fused-ring (bicyclic) bond motifs is 1. The van der Waals surface area contributed by atoms with Gasteiger partial charge < -0.3 is 9.47 Å². The average Bonchev–Trinajstić information content (AvgIpc) is 2.70. The van der Waals surface area contributed by atoms with Crippen LogP contribution in [-0.2, 0) is 0 Å². The molecule has 0 spiro atoms. The predicted molar refractivity (Wildman–Crippen MR) is 100 cm³/mol. The molecule has 0 bridgehead atoms. The lowest BCUT2D eigenvalue weighted by Crippen LogP contribution is -1.98. The smallest absolute Gasteiger partial charge is 0.230 e. The number of aromatic nitrogens is 3. The number of benzene rings is 2. The second-order valence-corrected chi connectivity index (χ2v) is 5.59. The number of pyridine rings is 1. The van der Waals surface area contributed by atoms with Crippen molar-refractivity contribution in [2.24, 2.45) is 0 Å². The van der Waals surface area contributed by atoms with Crippen molar-refractivity contribution in [3.63, 3.8) is 0 Å². The minimum Gasteiger partial charge on any atom is -0.490 e. The van der Waals surface area contributed by atoms with Gasteiger partial charge >= 0.3 is 0 Å². The Bertz CT molecular complexity index is 1040. The van der Waals surface area contributed by atoms with E-state index in [1.54, 1.807) is 12.4 Å². The lowest BCUT2D eigenvalue weighted by molar-refractivity contribution is 0.320. The van der Waals surface area contributed by atoms with Gasteiger partial charge in [-0.2, -0.15) is 4.98 Å². The van der Waals surface area contributed by atoms with Crippen LogP contribution in [0.25, 0.3) is 22.3 Å². The van der Waals surface area contributed by atoms with Gasteiger partial charge in [0.15, 0.2) is 17.3 Å². The van der Waals surface area contributed by atoms with Gasteiger partial charge in [0.25, 0.3) is 0 Å². The van der Waals surface area contributed by atoms with Crippen molar-refractivity contribution in [2.75, 3.05) is 6.61 Å². The predicted octanol–water partition coefficient (Wildman–Crippen LogP) is 4.88. The summed E-state index contributed by atoms with van der Waals surface area (Å²) in [6.45, 7) is 2.50. The van der Waals surface area contributed by atoms with Gasteiger partial charge in [0.2, 0.25) is 5.88 Å². The summed E-state index contributed by atoms with van der Waals surface area (Å²) in [5, 5.41) is 0.839. The van der Waals surface area contributed by atoms with Crippen molar-refractivity contribution < 1.29 is 9.47 Å². The largest absolute Gasteiger partial charge is 0.490 e. The molecular weight excluding hydrogens is 326 g/mol. The zero-order valence-corrected chi connectivity index (χ0v) is 14.3. The molecule has 0 N–H and O–H groups in total. The van der Waals surface area contributed by atoms with Crippen molar-refractivity contribution in [1.82, 2.24) is 15.0 Å². The van der Waals surface area contributed by atoms with E-state index in [9.17, 15) is 0 Å². The molecule has 0 aliphatic heterocycles. The van der Waals surface area contributed by atoms with Crippen molar-refractivity contribution in [1.29, 1.82) is 0 Å². The second-order valence-electron chi connectivity index (χ2n) is 5.59. The van der Waals surface area contributed by atoms with Crippen LogP contribution < -0.4 is 9.47 Å². The minimum atomic E-state index is 0.488. The monoisotopic (exact) mass is 343 g/mol. The van der Waals surface area contributed by atoms with Crippen molar-refractivity contribution in [3.05, 3.63) is 73.1 Å². The number of ether oxygens (including phenoxy) is 2. The molecule has 4 aromatic rings. The normalized spacial score (nSPS) is 10.7. The van der Waals surface area contributed by atoms with Crippen LogP contribution in [0.2, 0.25) is 0 Å². The summed E-state index contributed by atoms with van der Waals surface area (Å²) in [6, 6.07) is 19.1. The molecule has 4 rings (SSSR count). The number of rotatable bonds is 5.